The number of amides is 2. The number of fused-ring (bicyclic) bond motifs is 14. The summed E-state index contributed by atoms with van der Waals surface area (Å²) in [5.41, 5.74) is 7.63. The molecule has 0 spiro atoms. The monoisotopic (exact) mass is 858 g/mol. The second kappa shape index (κ2) is 18.7. The largest absolute Gasteiger partial charge is 0.507 e. The second-order valence-electron chi connectivity index (χ2n) is 15.9. The van der Waals surface area contributed by atoms with Gasteiger partial charge in [-0.1, -0.05) is 45.9 Å². The highest BCUT2D eigenvalue weighted by molar-refractivity contribution is 6.24. The summed E-state index contributed by atoms with van der Waals surface area (Å²) in [6.07, 6.45) is 4.11. The predicted octanol–water partition coefficient (Wildman–Crippen LogP) is 5.10. The van der Waals surface area contributed by atoms with Crippen molar-refractivity contribution in [3.63, 3.8) is 0 Å². The van der Waals surface area contributed by atoms with Crippen molar-refractivity contribution < 1.29 is 63.7 Å². The number of anilines is 2. The van der Waals surface area contributed by atoms with E-state index in [9.17, 15) is 44.7 Å². The Kier molecular flexibility index (Phi) is 14.0. The van der Waals surface area contributed by atoms with Crippen LogP contribution < -0.4 is 21.2 Å². The average molecular weight is 859 g/mol. The normalized spacial score (nSPS) is 29.0. The Morgan fingerprint density at radius 1 is 0.935 bits per heavy atom. The number of nitrogens with two attached hydrogens (primary N) is 1. The zero-order valence-corrected chi connectivity index (χ0v) is 35.9. The summed E-state index contributed by atoms with van der Waals surface area (Å²) in [6, 6.07) is 5.93. The first-order valence-corrected chi connectivity index (χ1v) is 19.9. The fourth-order valence-corrected chi connectivity index (χ4v) is 7.73. The lowest BCUT2D eigenvalue weighted by Gasteiger charge is -2.38. The molecule has 0 aliphatic carbocycles. The molecule has 17 nitrogen and oxygen atoms in total. The highest BCUT2D eigenvalue weighted by atomic mass is 16.7. The van der Waals surface area contributed by atoms with Crippen LogP contribution in [0, 0.1) is 30.6 Å². The van der Waals surface area contributed by atoms with Gasteiger partial charge in [0.25, 0.3) is 17.6 Å². The summed E-state index contributed by atoms with van der Waals surface area (Å²) in [7, 11) is 1.41. The number of carbonyl (C=O) groups is 4. The van der Waals surface area contributed by atoms with E-state index in [4.69, 9.17) is 24.7 Å². The minimum absolute atomic E-state index is 0.0151. The molecular formula is C45H54N4O13. The molecule has 3 aromatic carbocycles. The van der Waals surface area contributed by atoms with Crippen LogP contribution in [0.25, 0.3) is 10.8 Å². The molecule has 2 amide bonds. The van der Waals surface area contributed by atoms with E-state index in [1.807, 2.05) is 0 Å². The van der Waals surface area contributed by atoms with Crippen LogP contribution in [0.5, 0.6) is 23.0 Å². The van der Waals surface area contributed by atoms with Gasteiger partial charge in [0.05, 0.1) is 53.0 Å². The Hall–Kier alpha value is -6.43. The standard InChI is InChI=1S/C45H54N4O13/c1-20-11-10-12-21(2)43(57)48-34-29(19-47-49-44(58)27-13-15-28(46)16-14-27)38(54)31-32(39(34)55)37(53)25(6)41-33(31)42(56)45(8,62-41)60-18-17-30(59-9)22(3)40(61-26(7)50)24(5)36(52)23(4)35(20)51/h10-20,22-24,30,35-36,40,51-55H,46H2,1-9H3,(H,48,57)(H,49,58)/b11-10+,18-17+,21-12-,47-19-/t20-,22+,23+,24+,30-,35-,36+,40+,45-/m0/s1. The first-order chi connectivity index (χ1) is 29.1. The molecule has 3 heterocycles. The Labute approximate surface area is 358 Å². The summed E-state index contributed by atoms with van der Waals surface area (Å²) in [5.74, 6) is -9.93. The number of nitrogens with zero attached hydrogens (tertiary/aromatic N) is 1. The van der Waals surface area contributed by atoms with Crippen molar-refractivity contribution >= 4 is 51.9 Å². The predicted molar refractivity (Wildman–Crippen MR) is 230 cm³/mol. The molecule has 0 radical (unpaired) electrons. The molecule has 62 heavy (non-hydrogen) atoms. The van der Waals surface area contributed by atoms with E-state index in [0.717, 1.165) is 12.5 Å². The number of hydrogen-bond donors (Lipinski definition) is 8. The zero-order valence-electron chi connectivity index (χ0n) is 35.9. The molecule has 0 fully saturated rings. The van der Waals surface area contributed by atoms with Crippen molar-refractivity contribution in [2.24, 2.45) is 28.8 Å². The number of carbonyl (C=O) groups excluding carboxylic acids is 4. The number of aromatic hydroxyl groups is 3. The molecule has 0 saturated carbocycles. The van der Waals surface area contributed by atoms with Crippen molar-refractivity contribution in [1.82, 2.24) is 5.43 Å². The number of hydrogen-bond acceptors (Lipinski definition) is 15. The maximum atomic E-state index is 14.4. The number of nitrogen functional groups attached to an aromatic ring is 1. The van der Waals surface area contributed by atoms with Crippen LogP contribution in [-0.2, 0) is 23.8 Å². The average Bonchev–Trinajstić information content (AvgIpc) is 3.50. The number of Topliss-reactive ketones (excluding diaryl/α,β-unsaturated/α-hetero) is 1. The number of esters is 1. The molecule has 3 aliphatic rings. The molecule has 0 saturated heterocycles. The number of nitrogens with one attached hydrogen (secondary N) is 2. The third kappa shape index (κ3) is 9.10. The second-order valence-corrected chi connectivity index (χ2v) is 15.9. The number of ketones is 1. The van der Waals surface area contributed by atoms with Gasteiger partial charge in [-0.15, -0.1) is 0 Å². The fraction of sp³-hybridized carbons (Fsp3) is 0.400. The van der Waals surface area contributed by atoms with E-state index in [1.165, 1.54) is 77.3 Å². The van der Waals surface area contributed by atoms with E-state index >= 15 is 0 Å². The van der Waals surface area contributed by atoms with Gasteiger partial charge in [-0.05, 0) is 44.2 Å². The third-order valence-electron chi connectivity index (χ3n) is 11.6. The van der Waals surface area contributed by atoms with E-state index < -0.39 is 106 Å². The summed E-state index contributed by atoms with van der Waals surface area (Å²) in [6.45, 7) is 12.2. The van der Waals surface area contributed by atoms with Crippen LogP contribution in [0.4, 0.5) is 11.4 Å². The summed E-state index contributed by atoms with van der Waals surface area (Å²) >= 11 is 0. The van der Waals surface area contributed by atoms with Gasteiger partial charge in [-0.25, -0.2) is 5.43 Å². The molecule has 3 aromatic rings. The smallest absolute Gasteiger partial charge is 0.312 e. The first kappa shape index (κ1) is 46.6. The number of hydrazone groups is 1. The Morgan fingerprint density at radius 3 is 2.23 bits per heavy atom. The number of phenols is 3. The quantitative estimate of drug-likeness (QED) is 0.0415. The number of aliphatic hydroxyl groups is 2. The minimum atomic E-state index is -2.12. The van der Waals surface area contributed by atoms with Gasteiger partial charge in [-0.2, -0.15) is 5.10 Å². The maximum Gasteiger partial charge on any atom is 0.312 e. The Bertz CT molecular complexity index is 2370. The van der Waals surface area contributed by atoms with Crippen molar-refractivity contribution in [2.45, 2.75) is 85.6 Å². The lowest BCUT2D eigenvalue weighted by Crippen LogP contribution is -2.46. The number of phenolic OH excluding ortho intramolecular Hbond substituents is 3. The van der Waals surface area contributed by atoms with Gasteiger partial charge in [0.1, 0.15) is 23.4 Å². The molecule has 0 aromatic heterocycles. The number of aliphatic hydroxyl groups excluding tert-OH is 2. The van der Waals surface area contributed by atoms with E-state index in [2.05, 4.69) is 15.8 Å². The Balaban J connectivity index is 1.70. The van der Waals surface area contributed by atoms with E-state index in [0.29, 0.717) is 5.69 Å². The number of benzene rings is 3. The lowest BCUT2D eigenvalue weighted by atomic mass is 9.78. The van der Waals surface area contributed by atoms with Gasteiger partial charge in [0.15, 0.2) is 5.75 Å². The number of allylic oxidation sites excluding steroid dienone is 2. The molecule has 9 atom stereocenters. The Morgan fingerprint density at radius 2 is 1.60 bits per heavy atom. The van der Waals surface area contributed by atoms with Crippen molar-refractivity contribution in [3.8, 4) is 23.0 Å². The van der Waals surface area contributed by atoms with Gasteiger partial charge in [0.2, 0.25) is 0 Å². The minimum Gasteiger partial charge on any atom is -0.507 e. The van der Waals surface area contributed by atoms with Gasteiger partial charge in [0, 0.05) is 72.4 Å². The van der Waals surface area contributed by atoms with E-state index in [1.54, 1.807) is 33.8 Å². The highest BCUT2D eigenvalue weighted by Crippen LogP contribution is 2.55. The van der Waals surface area contributed by atoms with Gasteiger partial charge >= 0.3 is 11.8 Å². The molecule has 5 bridgehead atoms. The van der Waals surface area contributed by atoms with Gasteiger partial charge in [-0.3, -0.25) is 19.2 Å². The van der Waals surface area contributed by atoms with Crippen LogP contribution in [-0.4, -0.2) is 92.6 Å². The first-order valence-electron chi connectivity index (χ1n) is 19.9. The topological polar surface area (TPSA) is 269 Å². The summed E-state index contributed by atoms with van der Waals surface area (Å²) in [4.78, 5) is 53.4. The van der Waals surface area contributed by atoms with Crippen LogP contribution in [0.15, 0.2) is 65.5 Å². The number of methoxy groups -OCH3 is 1. The molecule has 17 heteroatoms. The maximum absolute atomic E-state index is 14.4. The van der Waals surface area contributed by atoms with E-state index in [-0.39, 0.29) is 39.0 Å². The molecule has 332 valence electrons. The van der Waals surface area contributed by atoms with Crippen molar-refractivity contribution in [3.05, 3.63) is 82.7 Å². The molecule has 6 rings (SSSR count). The zero-order chi connectivity index (χ0) is 46.0. The number of rotatable bonds is 5. The van der Waals surface area contributed by atoms with Crippen LogP contribution in [0.3, 0.4) is 0 Å². The SMILES string of the molecule is CO[C@H]1/C=C/O[C@@]2(C)Oc3c(C)c(O)c4c(O)c(c(/C=N\NC(=O)c5ccc(N)cc5)c(O)c4c3C2=O)NC(=O)/C(C)=C\C=C\[C@H](C)[C@H](O)[C@@H](C)[C@@H](O)[C@@H](C)[C@H](OC(C)=O)[C@@H]1C. The van der Waals surface area contributed by atoms with Crippen LogP contribution in [0.2, 0.25) is 0 Å². The lowest BCUT2D eigenvalue weighted by molar-refractivity contribution is -0.160. The molecule has 0 unspecified atom stereocenters. The van der Waals surface area contributed by atoms with Crippen molar-refractivity contribution in [1.29, 1.82) is 0 Å². The summed E-state index contributed by atoms with van der Waals surface area (Å²) < 4.78 is 23.5. The molecule has 3 aliphatic heterocycles. The van der Waals surface area contributed by atoms with Crippen LogP contribution >= 0.6 is 0 Å². The summed E-state index contributed by atoms with van der Waals surface area (Å²) in [5, 5.41) is 64.0. The number of ether oxygens (including phenoxy) is 4. The molecular weight excluding hydrogens is 805 g/mol. The van der Waals surface area contributed by atoms with Gasteiger partial charge < -0.3 is 55.5 Å². The van der Waals surface area contributed by atoms with Crippen molar-refractivity contribution in [2.75, 3.05) is 18.2 Å². The fourth-order valence-electron chi connectivity index (χ4n) is 7.73. The highest BCUT2D eigenvalue weighted by Gasteiger charge is 2.50. The third-order valence-corrected chi connectivity index (χ3v) is 11.6. The molecule has 9 N–H and O–H groups in total. The van der Waals surface area contributed by atoms with Crippen LogP contribution in [0.1, 0.15) is 80.3 Å².